The summed E-state index contributed by atoms with van der Waals surface area (Å²) in [4.78, 5) is 9.54. The van der Waals surface area contributed by atoms with E-state index in [-0.39, 0.29) is 5.82 Å². The van der Waals surface area contributed by atoms with Crippen molar-refractivity contribution in [3.63, 3.8) is 0 Å². The molecule has 1 aromatic carbocycles. The largest absolute Gasteiger partial charge is 0.330 e. The van der Waals surface area contributed by atoms with Crippen molar-refractivity contribution in [2.45, 2.75) is 17.1 Å². The van der Waals surface area contributed by atoms with Gasteiger partial charge in [-0.15, -0.1) is 11.8 Å². The number of nitrogens with two attached hydrogens (primary N) is 1. The summed E-state index contributed by atoms with van der Waals surface area (Å²) in [7, 11) is 0. The van der Waals surface area contributed by atoms with E-state index in [9.17, 15) is 4.39 Å². The average molecular weight is 263 g/mol. The summed E-state index contributed by atoms with van der Waals surface area (Å²) >= 11 is 1.59. The lowest BCUT2D eigenvalue weighted by Gasteiger charge is -2.02. The molecule has 1 heterocycles. The molecule has 2 N–H and O–H groups in total. The normalized spacial score (nSPS) is 10.6. The van der Waals surface area contributed by atoms with Gasteiger partial charge in [0.15, 0.2) is 0 Å². The zero-order valence-corrected chi connectivity index (χ0v) is 10.7. The Balaban J connectivity index is 1.91. The highest BCUT2D eigenvalue weighted by atomic mass is 32.2. The molecular formula is C13H14FN3S. The molecular weight excluding hydrogens is 249 g/mol. The van der Waals surface area contributed by atoms with Crippen LogP contribution in [0.2, 0.25) is 0 Å². The van der Waals surface area contributed by atoms with Crippen LogP contribution in [0.3, 0.4) is 0 Å². The highest BCUT2D eigenvalue weighted by molar-refractivity contribution is 7.98. The third-order valence-electron chi connectivity index (χ3n) is 2.37. The number of hydrogen-bond acceptors (Lipinski definition) is 4. The van der Waals surface area contributed by atoms with Crippen molar-refractivity contribution in [2.75, 3.05) is 6.54 Å². The molecule has 0 saturated carbocycles. The summed E-state index contributed by atoms with van der Waals surface area (Å²) in [5, 5.41) is 0. The Bertz CT molecular complexity index is 485. The summed E-state index contributed by atoms with van der Waals surface area (Å²) in [6.45, 7) is 0.604. The van der Waals surface area contributed by atoms with Crippen molar-refractivity contribution in [3.05, 3.63) is 53.9 Å². The first-order chi connectivity index (χ1) is 8.78. The van der Waals surface area contributed by atoms with E-state index in [4.69, 9.17) is 5.73 Å². The monoisotopic (exact) mass is 263 g/mol. The smallest absolute Gasteiger partial charge is 0.138 e. The standard InChI is InChI=1S/C13H14FN3S/c14-11-1-3-12(4-2-11)18-9-13-16-7-10(5-6-15)8-17-13/h1-4,7-8H,5-6,9,15H2. The van der Waals surface area contributed by atoms with Gasteiger partial charge in [-0.3, -0.25) is 0 Å². The lowest BCUT2D eigenvalue weighted by molar-refractivity contribution is 0.626. The number of aromatic nitrogens is 2. The van der Waals surface area contributed by atoms with Crippen LogP contribution >= 0.6 is 11.8 Å². The van der Waals surface area contributed by atoms with Gasteiger partial charge in [0, 0.05) is 17.3 Å². The van der Waals surface area contributed by atoms with Gasteiger partial charge in [-0.05, 0) is 42.8 Å². The fraction of sp³-hybridized carbons (Fsp3) is 0.231. The maximum absolute atomic E-state index is 12.7. The van der Waals surface area contributed by atoms with Gasteiger partial charge in [-0.25, -0.2) is 14.4 Å². The van der Waals surface area contributed by atoms with Crippen molar-refractivity contribution >= 4 is 11.8 Å². The molecule has 0 fully saturated rings. The van der Waals surface area contributed by atoms with Crippen molar-refractivity contribution in [2.24, 2.45) is 5.73 Å². The second-order valence-electron chi connectivity index (χ2n) is 3.79. The van der Waals surface area contributed by atoms with Crippen LogP contribution in [0.5, 0.6) is 0 Å². The van der Waals surface area contributed by atoms with Crippen LogP contribution in [0.4, 0.5) is 4.39 Å². The average Bonchev–Trinajstić information content (AvgIpc) is 2.40. The Morgan fingerprint density at radius 1 is 1.11 bits per heavy atom. The predicted octanol–water partition coefficient (Wildman–Crippen LogP) is 2.41. The summed E-state index contributed by atoms with van der Waals surface area (Å²) in [6, 6.07) is 6.41. The molecule has 0 aliphatic carbocycles. The van der Waals surface area contributed by atoms with E-state index in [1.54, 1.807) is 36.3 Å². The molecule has 0 amide bonds. The minimum Gasteiger partial charge on any atom is -0.330 e. The quantitative estimate of drug-likeness (QED) is 0.842. The van der Waals surface area contributed by atoms with E-state index in [2.05, 4.69) is 9.97 Å². The topological polar surface area (TPSA) is 51.8 Å². The molecule has 1 aromatic heterocycles. The first-order valence-electron chi connectivity index (χ1n) is 5.66. The highest BCUT2D eigenvalue weighted by Gasteiger charge is 2.00. The first kappa shape index (κ1) is 13.0. The molecule has 0 aliphatic heterocycles. The zero-order valence-electron chi connectivity index (χ0n) is 9.84. The summed E-state index contributed by atoms with van der Waals surface area (Å²) < 4.78 is 12.7. The molecule has 2 rings (SSSR count). The third-order valence-corrected chi connectivity index (χ3v) is 3.38. The fourth-order valence-electron chi connectivity index (χ4n) is 1.43. The summed E-state index contributed by atoms with van der Waals surface area (Å²) in [5.41, 5.74) is 6.50. The Hall–Kier alpha value is -1.46. The minimum absolute atomic E-state index is 0.221. The minimum atomic E-state index is -0.221. The van der Waals surface area contributed by atoms with Crippen molar-refractivity contribution < 1.29 is 4.39 Å². The lowest BCUT2D eigenvalue weighted by Crippen LogP contribution is -2.04. The van der Waals surface area contributed by atoms with Crippen LogP contribution in [0.15, 0.2) is 41.6 Å². The van der Waals surface area contributed by atoms with E-state index in [0.29, 0.717) is 12.3 Å². The Kier molecular flexibility index (Phi) is 4.66. The number of thioether (sulfide) groups is 1. The van der Waals surface area contributed by atoms with Crippen molar-refractivity contribution in [1.82, 2.24) is 9.97 Å². The molecule has 0 aliphatic rings. The predicted molar refractivity (Wildman–Crippen MR) is 70.8 cm³/mol. The van der Waals surface area contributed by atoms with Gasteiger partial charge in [0.25, 0.3) is 0 Å². The molecule has 5 heteroatoms. The first-order valence-corrected chi connectivity index (χ1v) is 6.65. The Morgan fingerprint density at radius 3 is 2.39 bits per heavy atom. The van der Waals surface area contributed by atoms with E-state index >= 15 is 0 Å². The van der Waals surface area contributed by atoms with E-state index in [1.807, 2.05) is 0 Å². The molecule has 2 aromatic rings. The van der Waals surface area contributed by atoms with Gasteiger partial charge in [0.05, 0.1) is 5.75 Å². The highest BCUT2D eigenvalue weighted by Crippen LogP contribution is 2.21. The molecule has 0 radical (unpaired) electrons. The van der Waals surface area contributed by atoms with Gasteiger partial charge in [-0.1, -0.05) is 0 Å². The van der Waals surface area contributed by atoms with Crippen LogP contribution in [0.25, 0.3) is 0 Å². The maximum atomic E-state index is 12.7. The van der Waals surface area contributed by atoms with Gasteiger partial charge >= 0.3 is 0 Å². The van der Waals surface area contributed by atoms with Crippen LogP contribution in [-0.2, 0) is 12.2 Å². The van der Waals surface area contributed by atoms with Gasteiger partial charge in [-0.2, -0.15) is 0 Å². The van der Waals surface area contributed by atoms with Crippen molar-refractivity contribution in [1.29, 1.82) is 0 Å². The van der Waals surface area contributed by atoms with E-state index < -0.39 is 0 Å². The fourth-order valence-corrected chi connectivity index (χ4v) is 2.20. The second-order valence-corrected chi connectivity index (χ2v) is 4.84. The third kappa shape index (κ3) is 3.78. The summed E-state index contributed by atoms with van der Waals surface area (Å²) in [6.07, 6.45) is 4.41. The molecule has 3 nitrogen and oxygen atoms in total. The molecule has 94 valence electrons. The number of benzene rings is 1. The number of rotatable bonds is 5. The van der Waals surface area contributed by atoms with Crippen LogP contribution in [0, 0.1) is 5.82 Å². The molecule has 0 unspecified atom stereocenters. The Labute approximate surface area is 110 Å². The van der Waals surface area contributed by atoms with Gasteiger partial charge in [0.1, 0.15) is 11.6 Å². The van der Waals surface area contributed by atoms with Gasteiger partial charge in [0.2, 0.25) is 0 Å². The number of halogens is 1. The SMILES string of the molecule is NCCc1cnc(CSc2ccc(F)cc2)nc1. The molecule has 0 bridgehead atoms. The molecule has 0 spiro atoms. The van der Waals surface area contributed by atoms with Gasteiger partial charge < -0.3 is 5.73 Å². The number of hydrogen-bond donors (Lipinski definition) is 1. The second kappa shape index (κ2) is 6.47. The van der Waals surface area contributed by atoms with E-state index in [1.165, 1.54) is 12.1 Å². The lowest BCUT2D eigenvalue weighted by atomic mass is 10.2. The van der Waals surface area contributed by atoms with Crippen molar-refractivity contribution in [3.8, 4) is 0 Å². The van der Waals surface area contributed by atoms with Crippen LogP contribution < -0.4 is 5.73 Å². The molecule has 18 heavy (non-hydrogen) atoms. The number of nitrogens with zero attached hydrogens (tertiary/aromatic N) is 2. The van der Waals surface area contributed by atoms with Crippen LogP contribution in [0.1, 0.15) is 11.4 Å². The summed E-state index contributed by atoms with van der Waals surface area (Å²) in [5.74, 6) is 1.22. The molecule has 0 saturated heterocycles. The zero-order chi connectivity index (χ0) is 12.8. The Morgan fingerprint density at radius 2 is 1.78 bits per heavy atom. The molecule has 0 atom stereocenters. The van der Waals surface area contributed by atoms with Crippen LogP contribution in [-0.4, -0.2) is 16.5 Å². The maximum Gasteiger partial charge on any atom is 0.138 e. The van der Waals surface area contributed by atoms with E-state index in [0.717, 1.165) is 22.7 Å².